The molecule has 0 heterocycles. The Kier molecular flexibility index (Phi) is 8.01. The van der Waals surface area contributed by atoms with Crippen molar-refractivity contribution in [1.82, 2.24) is 0 Å². The zero-order chi connectivity index (χ0) is 8.53. The van der Waals surface area contributed by atoms with Crippen LogP contribution in [-0.2, 0) is 4.65 Å². The van der Waals surface area contributed by atoms with E-state index in [0.717, 1.165) is 12.8 Å². The first-order chi connectivity index (χ1) is 5.31. The monoisotopic (exact) mass is 160 g/mol. The standard InChI is InChI=1S/C7H17BO3/c1-2-3-5-8(10)11-7-4-6-9/h9-10H,2-7H2,1H3. The molecule has 0 bridgehead atoms. The molecular weight excluding hydrogens is 143 g/mol. The van der Waals surface area contributed by atoms with E-state index in [2.05, 4.69) is 6.92 Å². The molecular formula is C7H17BO3. The minimum absolute atomic E-state index is 0.125. The Balaban J connectivity index is 3.02. The Bertz CT molecular complexity index is 80.1. The van der Waals surface area contributed by atoms with Crippen LogP contribution in [0.4, 0.5) is 0 Å². The van der Waals surface area contributed by atoms with Crippen LogP contribution in [0.15, 0.2) is 0 Å². The Morgan fingerprint density at radius 3 is 2.64 bits per heavy atom. The van der Waals surface area contributed by atoms with E-state index in [0.29, 0.717) is 19.3 Å². The SMILES string of the molecule is CCCCB(O)OCCCO. The molecule has 0 saturated heterocycles. The van der Waals surface area contributed by atoms with Crippen molar-refractivity contribution in [3.05, 3.63) is 0 Å². The van der Waals surface area contributed by atoms with Gasteiger partial charge in [0.15, 0.2) is 0 Å². The lowest BCUT2D eigenvalue weighted by molar-refractivity contribution is 0.209. The summed E-state index contributed by atoms with van der Waals surface area (Å²) in [7, 11) is -0.638. The van der Waals surface area contributed by atoms with Crippen LogP contribution >= 0.6 is 0 Å². The lowest BCUT2D eigenvalue weighted by atomic mass is 9.83. The lowest BCUT2D eigenvalue weighted by Gasteiger charge is -2.05. The number of unbranched alkanes of at least 4 members (excludes halogenated alkanes) is 1. The van der Waals surface area contributed by atoms with E-state index < -0.39 is 7.12 Å². The van der Waals surface area contributed by atoms with Gasteiger partial charge in [-0.1, -0.05) is 19.8 Å². The minimum atomic E-state index is -0.638. The summed E-state index contributed by atoms with van der Waals surface area (Å²) < 4.78 is 4.98. The summed E-state index contributed by atoms with van der Waals surface area (Å²) in [5.74, 6) is 0. The second kappa shape index (κ2) is 8.05. The van der Waals surface area contributed by atoms with E-state index in [4.69, 9.17) is 14.8 Å². The molecule has 0 unspecified atom stereocenters. The Morgan fingerprint density at radius 2 is 2.09 bits per heavy atom. The van der Waals surface area contributed by atoms with Crippen molar-refractivity contribution in [2.45, 2.75) is 32.5 Å². The molecule has 2 N–H and O–H groups in total. The van der Waals surface area contributed by atoms with Crippen LogP contribution in [0.2, 0.25) is 6.32 Å². The Hall–Kier alpha value is -0.0551. The van der Waals surface area contributed by atoms with Gasteiger partial charge in [0.2, 0.25) is 0 Å². The van der Waals surface area contributed by atoms with Gasteiger partial charge in [0.05, 0.1) is 0 Å². The maximum Gasteiger partial charge on any atom is 0.454 e. The van der Waals surface area contributed by atoms with Gasteiger partial charge in [0.25, 0.3) is 0 Å². The van der Waals surface area contributed by atoms with Gasteiger partial charge < -0.3 is 14.8 Å². The second-order valence-corrected chi connectivity index (χ2v) is 2.54. The number of rotatable bonds is 7. The maximum atomic E-state index is 9.10. The molecule has 0 rings (SSSR count). The average molecular weight is 160 g/mol. The summed E-state index contributed by atoms with van der Waals surface area (Å²) in [5, 5.41) is 17.5. The first-order valence-electron chi connectivity index (χ1n) is 4.21. The van der Waals surface area contributed by atoms with Crippen molar-refractivity contribution < 1.29 is 14.8 Å². The molecule has 3 nitrogen and oxygen atoms in total. The number of hydrogen-bond donors (Lipinski definition) is 2. The van der Waals surface area contributed by atoms with Crippen molar-refractivity contribution in [1.29, 1.82) is 0 Å². The van der Waals surface area contributed by atoms with Crippen molar-refractivity contribution in [2.75, 3.05) is 13.2 Å². The van der Waals surface area contributed by atoms with Crippen molar-refractivity contribution in [3.8, 4) is 0 Å². The molecule has 0 aliphatic heterocycles. The third-order valence-corrected chi connectivity index (χ3v) is 1.42. The van der Waals surface area contributed by atoms with Crippen LogP contribution in [0.5, 0.6) is 0 Å². The van der Waals surface area contributed by atoms with E-state index in [1.54, 1.807) is 0 Å². The lowest BCUT2D eigenvalue weighted by Crippen LogP contribution is -2.18. The van der Waals surface area contributed by atoms with Crippen molar-refractivity contribution in [3.63, 3.8) is 0 Å². The highest BCUT2D eigenvalue weighted by Gasteiger charge is 2.10. The summed E-state index contributed by atoms with van der Waals surface area (Å²) in [6.45, 7) is 2.64. The quantitative estimate of drug-likeness (QED) is 0.425. The van der Waals surface area contributed by atoms with Crippen LogP contribution in [0.1, 0.15) is 26.2 Å². The molecule has 11 heavy (non-hydrogen) atoms. The van der Waals surface area contributed by atoms with Gasteiger partial charge in [-0.05, 0) is 12.7 Å². The highest BCUT2D eigenvalue weighted by atomic mass is 16.5. The number of aliphatic hydroxyl groups is 1. The molecule has 0 aromatic heterocycles. The highest BCUT2D eigenvalue weighted by Crippen LogP contribution is 1.99. The zero-order valence-corrected chi connectivity index (χ0v) is 7.12. The third-order valence-electron chi connectivity index (χ3n) is 1.42. The van der Waals surface area contributed by atoms with Gasteiger partial charge in [0, 0.05) is 13.2 Å². The molecule has 0 atom stereocenters. The predicted molar refractivity (Wildman–Crippen MR) is 45.3 cm³/mol. The molecule has 0 aliphatic rings. The fourth-order valence-electron chi connectivity index (χ4n) is 0.746. The molecule has 0 aromatic carbocycles. The smallest absolute Gasteiger partial charge is 0.427 e. The predicted octanol–water partition coefficient (Wildman–Crippen LogP) is 0.666. The van der Waals surface area contributed by atoms with Crippen molar-refractivity contribution in [2.24, 2.45) is 0 Å². The van der Waals surface area contributed by atoms with E-state index in [-0.39, 0.29) is 6.61 Å². The van der Waals surface area contributed by atoms with Crippen molar-refractivity contribution >= 4 is 7.12 Å². The molecule has 0 radical (unpaired) electrons. The summed E-state index contributed by atoms with van der Waals surface area (Å²) in [6, 6.07) is 0. The molecule has 0 aliphatic carbocycles. The summed E-state index contributed by atoms with van der Waals surface area (Å²) in [6.07, 6.45) is 3.35. The summed E-state index contributed by atoms with van der Waals surface area (Å²) >= 11 is 0. The third kappa shape index (κ3) is 7.85. The largest absolute Gasteiger partial charge is 0.454 e. The molecule has 0 saturated carbocycles. The average Bonchev–Trinajstić information content (AvgIpc) is 2.01. The van der Waals surface area contributed by atoms with E-state index in [1.165, 1.54) is 0 Å². The second-order valence-electron chi connectivity index (χ2n) is 2.54. The highest BCUT2D eigenvalue weighted by molar-refractivity contribution is 6.42. The van der Waals surface area contributed by atoms with E-state index >= 15 is 0 Å². The van der Waals surface area contributed by atoms with Crippen LogP contribution < -0.4 is 0 Å². The maximum absolute atomic E-state index is 9.10. The van der Waals surface area contributed by atoms with Crippen LogP contribution in [0.3, 0.4) is 0 Å². The molecule has 0 amide bonds. The molecule has 0 spiro atoms. The van der Waals surface area contributed by atoms with E-state index in [1.807, 2.05) is 0 Å². The number of aliphatic hydroxyl groups excluding tert-OH is 1. The van der Waals surface area contributed by atoms with Gasteiger partial charge in [-0.25, -0.2) is 0 Å². The van der Waals surface area contributed by atoms with Gasteiger partial charge in [-0.15, -0.1) is 0 Å². The van der Waals surface area contributed by atoms with Gasteiger partial charge in [0.1, 0.15) is 0 Å². The topological polar surface area (TPSA) is 49.7 Å². The van der Waals surface area contributed by atoms with Gasteiger partial charge in [-0.3, -0.25) is 0 Å². The van der Waals surface area contributed by atoms with Crippen LogP contribution in [-0.4, -0.2) is 30.5 Å². The molecule has 0 aromatic rings. The minimum Gasteiger partial charge on any atom is -0.427 e. The first kappa shape index (κ1) is 10.9. The summed E-state index contributed by atoms with van der Waals surface area (Å²) in [4.78, 5) is 0. The summed E-state index contributed by atoms with van der Waals surface area (Å²) in [5.41, 5.74) is 0. The molecule has 66 valence electrons. The van der Waals surface area contributed by atoms with Gasteiger partial charge >= 0.3 is 7.12 Å². The number of hydrogen-bond acceptors (Lipinski definition) is 3. The van der Waals surface area contributed by atoms with Crippen LogP contribution in [0, 0.1) is 0 Å². The van der Waals surface area contributed by atoms with E-state index in [9.17, 15) is 0 Å². The van der Waals surface area contributed by atoms with Crippen LogP contribution in [0.25, 0.3) is 0 Å². The fraction of sp³-hybridized carbons (Fsp3) is 1.00. The molecule has 4 heteroatoms. The fourth-order valence-corrected chi connectivity index (χ4v) is 0.746. The molecule has 0 fully saturated rings. The Labute approximate surface area is 68.5 Å². The Morgan fingerprint density at radius 1 is 1.36 bits per heavy atom. The normalized spacial score (nSPS) is 10.1. The van der Waals surface area contributed by atoms with Gasteiger partial charge in [-0.2, -0.15) is 0 Å². The zero-order valence-electron chi connectivity index (χ0n) is 7.12. The first-order valence-corrected chi connectivity index (χ1v) is 4.21.